The van der Waals surface area contributed by atoms with Crippen molar-refractivity contribution < 1.29 is 9.47 Å². The summed E-state index contributed by atoms with van der Waals surface area (Å²) in [7, 11) is 3.20. The van der Waals surface area contributed by atoms with Crippen molar-refractivity contribution in [1.29, 1.82) is 5.26 Å². The van der Waals surface area contributed by atoms with E-state index in [1.54, 1.807) is 25.6 Å². The van der Waals surface area contributed by atoms with Crippen LogP contribution < -0.4 is 9.47 Å². The Morgan fingerprint density at radius 1 is 1.21 bits per heavy atom. The molecular formula is C15H15NO2S. The summed E-state index contributed by atoms with van der Waals surface area (Å²) in [5.74, 6) is 1.17. The highest BCUT2D eigenvalue weighted by Gasteiger charge is 2.15. The fraction of sp³-hybridized carbons (Fsp3) is 0.267. The lowest BCUT2D eigenvalue weighted by Gasteiger charge is -2.12. The van der Waals surface area contributed by atoms with Crippen LogP contribution in [0.1, 0.15) is 16.4 Å². The number of methoxy groups -OCH3 is 2. The summed E-state index contributed by atoms with van der Waals surface area (Å²) in [5.41, 5.74) is 0.952. The Hall–Kier alpha value is -1.99. The first-order valence-electron chi connectivity index (χ1n) is 5.92. The molecule has 0 aliphatic carbocycles. The zero-order valence-electron chi connectivity index (χ0n) is 10.9. The monoisotopic (exact) mass is 273 g/mol. The smallest absolute Gasteiger partial charge is 0.161 e. The molecule has 0 radical (unpaired) electrons. The Labute approximate surface area is 117 Å². The van der Waals surface area contributed by atoms with Gasteiger partial charge in [-0.1, -0.05) is 12.1 Å². The number of nitrogens with zero attached hydrogens (tertiary/aromatic N) is 1. The van der Waals surface area contributed by atoms with Crippen LogP contribution in [0.3, 0.4) is 0 Å². The molecule has 0 amide bonds. The SMILES string of the molecule is COc1ccc(C(C#N)Cc2cccs2)cc1OC. The van der Waals surface area contributed by atoms with Crippen molar-refractivity contribution in [2.75, 3.05) is 14.2 Å². The predicted molar refractivity (Wildman–Crippen MR) is 75.9 cm³/mol. The molecule has 4 heteroatoms. The van der Waals surface area contributed by atoms with E-state index < -0.39 is 0 Å². The van der Waals surface area contributed by atoms with Gasteiger partial charge >= 0.3 is 0 Å². The number of nitriles is 1. The predicted octanol–water partition coefficient (Wildman–Crippen LogP) is 3.62. The fourth-order valence-corrected chi connectivity index (χ4v) is 2.69. The molecule has 0 bridgehead atoms. The van der Waals surface area contributed by atoms with Crippen LogP contribution in [0.2, 0.25) is 0 Å². The molecule has 3 nitrogen and oxygen atoms in total. The molecule has 1 aromatic heterocycles. The molecule has 2 aromatic rings. The summed E-state index contributed by atoms with van der Waals surface area (Å²) in [6.45, 7) is 0. The van der Waals surface area contributed by atoms with E-state index in [0.29, 0.717) is 11.5 Å². The van der Waals surface area contributed by atoms with Crippen LogP contribution in [0.4, 0.5) is 0 Å². The van der Waals surface area contributed by atoms with Gasteiger partial charge in [-0.05, 0) is 29.1 Å². The highest BCUT2D eigenvalue weighted by Crippen LogP contribution is 2.32. The molecule has 2 rings (SSSR count). The quantitative estimate of drug-likeness (QED) is 0.835. The second kappa shape index (κ2) is 6.26. The van der Waals surface area contributed by atoms with Crippen molar-refractivity contribution in [3.63, 3.8) is 0 Å². The lowest BCUT2D eigenvalue weighted by Crippen LogP contribution is -2.00. The molecule has 0 aliphatic rings. The molecule has 0 saturated heterocycles. The summed E-state index contributed by atoms with van der Waals surface area (Å²) >= 11 is 1.67. The van der Waals surface area contributed by atoms with Gasteiger partial charge in [0.2, 0.25) is 0 Å². The topological polar surface area (TPSA) is 42.2 Å². The molecule has 0 saturated carbocycles. The first-order chi connectivity index (χ1) is 9.28. The van der Waals surface area contributed by atoms with Crippen molar-refractivity contribution in [2.45, 2.75) is 12.3 Å². The minimum atomic E-state index is -0.168. The van der Waals surface area contributed by atoms with Crippen molar-refractivity contribution in [3.8, 4) is 17.6 Å². The Bertz CT molecular complexity index is 572. The zero-order chi connectivity index (χ0) is 13.7. The third kappa shape index (κ3) is 3.07. The van der Waals surface area contributed by atoms with Crippen LogP contribution in [0, 0.1) is 11.3 Å². The van der Waals surface area contributed by atoms with Gasteiger partial charge in [-0.15, -0.1) is 11.3 Å². The molecule has 0 aliphatic heterocycles. The number of hydrogen-bond donors (Lipinski definition) is 0. The average Bonchev–Trinajstić information content (AvgIpc) is 2.97. The average molecular weight is 273 g/mol. The molecule has 1 heterocycles. The maximum absolute atomic E-state index is 9.35. The number of hydrogen-bond acceptors (Lipinski definition) is 4. The van der Waals surface area contributed by atoms with Crippen molar-refractivity contribution >= 4 is 11.3 Å². The number of rotatable bonds is 5. The Morgan fingerprint density at radius 2 is 2.00 bits per heavy atom. The van der Waals surface area contributed by atoms with Crippen LogP contribution >= 0.6 is 11.3 Å². The Morgan fingerprint density at radius 3 is 2.58 bits per heavy atom. The fourth-order valence-electron chi connectivity index (χ4n) is 1.94. The third-order valence-electron chi connectivity index (χ3n) is 2.95. The normalized spacial score (nSPS) is 11.6. The first kappa shape index (κ1) is 13.4. The molecule has 0 spiro atoms. The van der Waals surface area contributed by atoms with Crippen LogP contribution in [0.15, 0.2) is 35.7 Å². The van der Waals surface area contributed by atoms with Crippen LogP contribution in [0.25, 0.3) is 0 Å². The van der Waals surface area contributed by atoms with Gasteiger partial charge in [-0.25, -0.2) is 0 Å². The highest BCUT2D eigenvalue weighted by atomic mass is 32.1. The largest absolute Gasteiger partial charge is 0.493 e. The lowest BCUT2D eigenvalue weighted by atomic mass is 9.96. The second-order valence-corrected chi connectivity index (χ2v) is 5.11. The standard InChI is InChI=1S/C15H15NO2S/c1-17-14-6-5-11(9-15(14)18-2)12(10-16)8-13-4-3-7-19-13/h3-7,9,12H,8H2,1-2H3. The number of benzene rings is 1. The third-order valence-corrected chi connectivity index (χ3v) is 3.85. The van der Waals surface area contributed by atoms with E-state index in [0.717, 1.165) is 12.0 Å². The van der Waals surface area contributed by atoms with Gasteiger partial charge < -0.3 is 9.47 Å². The van der Waals surface area contributed by atoms with Crippen LogP contribution in [-0.4, -0.2) is 14.2 Å². The molecule has 1 atom stereocenters. The molecule has 98 valence electrons. The van der Waals surface area contributed by atoms with Gasteiger partial charge in [0.15, 0.2) is 11.5 Å². The van der Waals surface area contributed by atoms with Crippen molar-refractivity contribution in [2.24, 2.45) is 0 Å². The van der Waals surface area contributed by atoms with Gasteiger partial charge in [0.05, 0.1) is 26.2 Å². The maximum Gasteiger partial charge on any atom is 0.161 e. The number of thiophene rings is 1. The highest BCUT2D eigenvalue weighted by molar-refractivity contribution is 7.09. The van der Waals surface area contributed by atoms with E-state index in [9.17, 15) is 5.26 Å². The molecule has 19 heavy (non-hydrogen) atoms. The minimum absolute atomic E-state index is 0.168. The summed E-state index contributed by atoms with van der Waals surface area (Å²) in [5, 5.41) is 11.4. The van der Waals surface area contributed by atoms with E-state index in [2.05, 4.69) is 12.1 Å². The van der Waals surface area contributed by atoms with E-state index in [4.69, 9.17) is 9.47 Å². The van der Waals surface area contributed by atoms with E-state index in [1.165, 1.54) is 4.88 Å². The minimum Gasteiger partial charge on any atom is -0.493 e. The van der Waals surface area contributed by atoms with Gasteiger partial charge in [0.25, 0.3) is 0 Å². The molecule has 1 unspecified atom stereocenters. The van der Waals surface area contributed by atoms with Crippen molar-refractivity contribution in [3.05, 3.63) is 46.2 Å². The summed E-state index contributed by atoms with van der Waals surface area (Å²) in [4.78, 5) is 1.21. The number of ether oxygens (including phenoxy) is 2. The van der Waals surface area contributed by atoms with Crippen molar-refractivity contribution in [1.82, 2.24) is 0 Å². The first-order valence-corrected chi connectivity index (χ1v) is 6.80. The van der Waals surface area contributed by atoms with Gasteiger partial charge in [-0.3, -0.25) is 0 Å². The summed E-state index contributed by atoms with van der Waals surface area (Å²) in [6.07, 6.45) is 0.726. The van der Waals surface area contributed by atoms with Gasteiger partial charge in [-0.2, -0.15) is 5.26 Å². The molecule has 0 fully saturated rings. The zero-order valence-corrected chi connectivity index (χ0v) is 11.7. The van der Waals surface area contributed by atoms with Gasteiger partial charge in [0.1, 0.15) is 0 Å². The lowest BCUT2D eigenvalue weighted by molar-refractivity contribution is 0.354. The summed E-state index contributed by atoms with van der Waals surface area (Å²) in [6, 6.07) is 12.0. The Balaban J connectivity index is 2.26. The molecule has 1 aromatic carbocycles. The second-order valence-electron chi connectivity index (χ2n) is 4.08. The Kier molecular flexibility index (Phi) is 4.43. The van der Waals surface area contributed by atoms with Crippen LogP contribution in [0.5, 0.6) is 11.5 Å². The van der Waals surface area contributed by atoms with E-state index in [1.807, 2.05) is 29.6 Å². The maximum atomic E-state index is 9.35. The van der Waals surface area contributed by atoms with Gasteiger partial charge in [0, 0.05) is 11.3 Å². The molecule has 0 N–H and O–H groups in total. The summed E-state index contributed by atoms with van der Waals surface area (Å²) < 4.78 is 10.5. The van der Waals surface area contributed by atoms with Crippen LogP contribution in [-0.2, 0) is 6.42 Å². The van der Waals surface area contributed by atoms with E-state index in [-0.39, 0.29) is 5.92 Å². The van der Waals surface area contributed by atoms with E-state index >= 15 is 0 Å². The molecular weight excluding hydrogens is 258 g/mol.